The molecule has 0 radical (unpaired) electrons. The molecule has 39 heavy (non-hydrogen) atoms. The lowest BCUT2D eigenvalue weighted by Crippen LogP contribution is -2.30. The summed E-state index contributed by atoms with van der Waals surface area (Å²) in [6.45, 7) is 8.98. The molecule has 0 amide bonds. The zero-order chi connectivity index (χ0) is 27.6. The standard InChI is InChI=1S/C31H31BrN4O3/c1-20-27(29(37)39-18-21-8-6-5-7-9-21)28(36-30(35-20)33-19-34-36)25-16-24(32)14-15-26(25)38-17-22-10-12-23(13-11-22)31(2,3)4/h5-16,19,28H,17-18H2,1-4H3,(H,33,34,35). The minimum absolute atomic E-state index is 0.0818. The second-order valence-electron chi connectivity index (χ2n) is 10.6. The van der Waals surface area contributed by atoms with E-state index < -0.39 is 12.0 Å². The number of fused-ring (bicyclic) bond motifs is 1. The van der Waals surface area contributed by atoms with E-state index in [0.717, 1.165) is 21.2 Å². The molecule has 0 aliphatic carbocycles. The van der Waals surface area contributed by atoms with Crippen LogP contribution in [0, 0.1) is 0 Å². The van der Waals surface area contributed by atoms with Gasteiger partial charge in [-0.15, -0.1) is 0 Å². The number of carbonyl (C=O) groups excluding carboxylic acids is 1. The van der Waals surface area contributed by atoms with Crippen molar-refractivity contribution in [3.8, 4) is 5.75 Å². The first kappa shape index (κ1) is 26.7. The van der Waals surface area contributed by atoms with Gasteiger partial charge in [-0.25, -0.2) is 9.48 Å². The Labute approximate surface area is 237 Å². The number of nitrogens with one attached hydrogen (secondary N) is 1. The summed E-state index contributed by atoms with van der Waals surface area (Å²) in [7, 11) is 0. The summed E-state index contributed by atoms with van der Waals surface area (Å²) >= 11 is 3.60. The van der Waals surface area contributed by atoms with E-state index in [1.54, 1.807) is 4.68 Å². The van der Waals surface area contributed by atoms with E-state index in [4.69, 9.17) is 9.47 Å². The Morgan fingerprint density at radius 2 is 1.72 bits per heavy atom. The summed E-state index contributed by atoms with van der Waals surface area (Å²) in [5.74, 6) is 0.757. The van der Waals surface area contributed by atoms with Crippen LogP contribution in [0.3, 0.4) is 0 Å². The first-order chi connectivity index (χ1) is 18.7. The first-order valence-electron chi connectivity index (χ1n) is 12.8. The molecular weight excluding hydrogens is 556 g/mol. The van der Waals surface area contributed by atoms with Crippen molar-refractivity contribution in [1.29, 1.82) is 0 Å². The van der Waals surface area contributed by atoms with Crippen molar-refractivity contribution < 1.29 is 14.3 Å². The number of allylic oxidation sites excluding steroid dienone is 1. The normalized spacial score (nSPS) is 14.9. The summed E-state index contributed by atoms with van der Waals surface area (Å²) < 4.78 is 14.7. The molecule has 1 aromatic heterocycles. The SMILES string of the molecule is CC1=C(C(=O)OCc2ccccc2)C(c2cc(Br)ccc2OCc2ccc(C(C)(C)C)cc2)n2ncnc2N1. The van der Waals surface area contributed by atoms with Gasteiger partial charge in [0.2, 0.25) is 5.95 Å². The fourth-order valence-electron chi connectivity index (χ4n) is 4.57. The summed E-state index contributed by atoms with van der Waals surface area (Å²) in [5, 5.41) is 7.65. The maximum absolute atomic E-state index is 13.6. The molecule has 3 aromatic carbocycles. The van der Waals surface area contributed by atoms with Crippen LogP contribution in [0.4, 0.5) is 5.95 Å². The molecular formula is C31H31BrN4O3. The number of esters is 1. The van der Waals surface area contributed by atoms with E-state index in [1.165, 1.54) is 11.9 Å². The van der Waals surface area contributed by atoms with Crippen LogP contribution in [-0.2, 0) is 28.2 Å². The molecule has 7 nitrogen and oxygen atoms in total. The molecule has 0 spiro atoms. The van der Waals surface area contributed by atoms with Gasteiger partial charge in [0.05, 0.1) is 5.57 Å². The molecule has 0 saturated carbocycles. The van der Waals surface area contributed by atoms with Crippen LogP contribution in [0.25, 0.3) is 0 Å². The van der Waals surface area contributed by atoms with Crippen molar-refractivity contribution >= 4 is 27.8 Å². The molecule has 1 aliphatic rings. The van der Waals surface area contributed by atoms with Gasteiger partial charge in [0, 0.05) is 15.7 Å². The Bertz CT molecular complexity index is 1510. The van der Waals surface area contributed by atoms with E-state index in [9.17, 15) is 4.79 Å². The number of carbonyl (C=O) groups is 1. The summed E-state index contributed by atoms with van der Waals surface area (Å²) in [6.07, 6.45) is 1.47. The van der Waals surface area contributed by atoms with Crippen molar-refractivity contribution in [2.45, 2.75) is 52.4 Å². The maximum atomic E-state index is 13.6. The molecule has 1 atom stereocenters. The highest BCUT2D eigenvalue weighted by Gasteiger charge is 2.36. The van der Waals surface area contributed by atoms with Crippen molar-refractivity contribution in [3.63, 3.8) is 0 Å². The molecule has 0 saturated heterocycles. The average Bonchev–Trinajstić information content (AvgIpc) is 3.38. The lowest BCUT2D eigenvalue weighted by molar-refractivity contribution is -0.140. The van der Waals surface area contributed by atoms with Crippen LogP contribution in [0.2, 0.25) is 0 Å². The van der Waals surface area contributed by atoms with Crippen molar-refractivity contribution in [2.24, 2.45) is 0 Å². The van der Waals surface area contributed by atoms with E-state index in [1.807, 2.05) is 55.5 Å². The van der Waals surface area contributed by atoms with E-state index in [-0.39, 0.29) is 12.0 Å². The molecule has 0 bridgehead atoms. The molecule has 0 fully saturated rings. The number of anilines is 1. The summed E-state index contributed by atoms with van der Waals surface area (Å²) in [4.78, 5) is 17.9. The fraction of sp³-hybridized carbons (Fsp3) is 0.258. The van der Waals surface area contributed by atoms with Crippen molar-refractivity contribution in [3.05, 3.63) is 117 Å². The highest BCUT2D eigenvalue weighted by molar-refractivity contribution is 9.10. The van der Waals surface area contributed by atoms with Gasteiger partial charge < -0.3 is 14.8 Å². The largest absolute Gasteiger partial charge is 0.489 e. The number of aromatic nitrogens is 3. The lowest BCUT2D eigenvalue weighted by atomic mass is 9.87. The number of hydrogen-bond acceptors (Lipinski definition) is 6. The second-order valence-corrected chi connectivity index (χ2v) is 11.5. The zero-order valence-corrected chi connectivity index (χ0v) is 24.0. The van der Waals surface area contributed by atoms with Crippen LogP contribution >= 0.6 is 15.9 Å². The minimum atomic E-state index is -0.595. The highest BCUT2D eigenvalue weighted by Crippen LogP contribution is 2.40. The van der Waals surface area contributed by atoms with Gasteiger partial charge in [-0.2, -0.15) is 10.1 Å². The Morgan fingerprint density at radius 1 is 1.00 bits per heavy atom. The van der Waals surface area contributed by atoms with E-state index in [2.05, 4.69) is 76.4 Å². The Balaban J connectivity index is 1.46. The molecule has 200 valence electrons. The minimum Gasteiger partial charge on any atom is -0.489 e. The summed E-state index contributed by atoms with van der Waals surface area (Å²) in [5.41, 5.74) is 5.19. The second kappa shape index (κ2) is 11.1. The van der Waals surface area contributed by atoms with Gasteiger partial charge >= 0.3 is 5.97 Å². The third-order valence-corrected chi connectivity index (χ3v) is 7.20. The number of hydrogen-bond donors (Lipinski definition) is 1. The fourth-order valence-corrected chi connectivity index (χ4v) is 4.95. The lowest BCUT2D eigenvalue weighted by Gasteiger charge is -2.29. The average molecular weight is 588 g/mol. The maximum Gasteiger partial charge on any atom is 0.338 e. The van der Waals surface area contributed by atoms with Gasteiger partial charge in [-0.3, -0.25) is 0 Å². The molecule has 1 N–H and O–H groups in total. The molecule has 5 rings (SSSR count). The molecule has 2 heterocycles. The predicted molar refractivity (Wildman–Crippen MR) is 154 cm³/mol. The number of ether oxygens (including phenoxy) is 2. The Kier molecular flexibility index (Phi) is 7.57. The van der Waals surface area contributed by atoms with Crippen LogP contribution < -0.4 is 10.1 Å². The van der Waals surface area contributed by atoms with E-state index >= 15 is 0 Å². The van der Waals surface area contributed by atoms with Crippen molar-refractivity contribution in [2.75, 3.05) is 5.32 Å². The van der Waals surface area contributed by atoms with Crippen LogP contribution in [0.1, 0.15) is 56.0 Å². The van der Waals surface area contributed by atoms with Crippen molar-refractivity contribution in [1.82, 2.24) is 14.8 Å². The molecule has 1 aliphatic heterocycles. The van der Waals surface area contributed by atoms with Gasteiger partial charge in [0.1, 0.15) is 31.3 Å². The number of halogens is 1. The number of nitrogens with zero attached hydrogens (tertiary/aromatic N) is 3. The first-order valence-corrected chi connectivity index (χ1v) is 13.6. The van der Waals surface area contributed by atoms with Gasteiger partial charge in [-0.1, -0.05) is 91.3 Å². The zero-order valence-electron chi connectivity index (χ0n) is 22.4. The smallest absolute Gasteiger partial charge is 0.338 e. The highest BCUT2D eigenvalue weighted by atomic mass is 79.9. The third-order valence-electron chi connectivity index (χ3n) is 6.71. The third kappa shape index (κ3) is 5.91. The predicted octanol–water partition coefficient (Wildman–Crippen LogP) is 6.95. The van der Waals surface area contributed by atoms with Gasteiger partial charge in [-0.05, 0) is 47.2 Å². The number of rotatable bonds is 7. The van der Waals surface area contributed by atoms with Gasteiger partial charge in [0.25, 0.3) is 0 Å². The topological polar surface area (TPSA) is 78.3 Å². The van der Waals surface area contributed by atoms with Gasteiger partial charge in [0.15, 0.2) is 0 Å². The quantitative estimate of drug-likeness (QED) is 0.236. The van der Waals surface area contributed by atoms with Crippen LogP contribution in [0.15, 0.2) is 94.9 Å². The van der Waals surface area contributed by atoms with Crippen LogP contribution in [0.5, 0.6) is 5.75 Å². The number of benzene rings is 3. The summed E-state index contributed by atoms with van der Waals surface area (Å²) in [6, 6.07) is 23.3. The monoisotopic (exact) mass is 586 g/mol. The van der Waals surface area contributed by atoms with E-state index in [0.29, 0.717) is 29.6 Å². The molecule has 1 unspecified atom stereocenters. The molecule has 4 aromatic rings. The Morgan fingerprint density at radius 3 is 2.44 bits per heavy atom. The van der Waals surface area contributed by atoms with Crippen LogP contribution in [-0.4, -0.2) is 20.7 Å². The Hall–Kier alpha value is -3.91. The molecule has 8 heteroatoms.